The number of para-hydroxylation sites is 1. The average Bonchev–Trinajstić information content (AvgIpc) is 2.52. The van der Waals surface area contributed by atoms with Crippen molar-refractivity contribution in [2.75, 3.05) is 13.4 Å². The van der Waals surface area contributed by atoms with E-state index in [4.69, 9.17) is 14.7 Å². The molecule has 3 aromatic rings. The lowest BCUT2D eigenvalue weighted by atomic mass is 10.1. The van der Waals surface area contributed by atoms with Crippen molar-refractivity contribution in [1.82, 2.24) is 4.98 Å². The molecule has 4 heteroatoms. The van der Waals surface area contributed by atoms with E-state index in [9.17, 15) is 0 Å². The maximum absolute atomic E-state index is 5.32. The summed E-state index contributed by atoms with van der Waals surface area (Å²) in [5.41, 5.74) is 4.02. The van der Waals surface area contributed by atoms with E-state index in [1.165, 1.54) is 17.3 Å². The predicted molar refractivity (Wildman–Crippen MR) is 91.6 cm³/mol. The van der Waals surface area contributed by atoms with Crippen LogP contribution in [0.5, 0.6) is 0 Å². The van der Waals surface area contributed by atoms with Crippen LogP contribution in [0.1, 0.15) is 5.56 Å². The second-order valence-electron chi connectivity index (χ2n) is 4.78. The standard InChI is InChI=1S/C17H16N2OS/c1-11-8-9-15-13(10-11)16(19-17(20-2)21-3)12-6-4-5-7-14(12)18-15/h4-10H,1-3H3. The smallest absolute Gasteiger partial charge is 0.250 e. The van der Waals surface area contributed by atoms with Crippen molar-refractivity contribution >= 4 is 44.5 Å². The molecule has 2 aromatic carbocycles. The summed E-state index contributed by atoms with van der Waals surface area (Å²) in [6.45, 7) is 2.08. The third-order valence-corrected chi connectivity index (χ3v) is 3.97. The fourth-order valence-electron chi connectivity index (χ4n) is 2.37. The van der Waals surface area contributed by atoms with E-state index in [1.807, 2.05) is 30.5 Å². The number of ether oxygens (including phenoxy) is 1. The fraction of sp³-hybridized carbons (Fsp3) is 0.176. The quantitative estimate of drug-likeness (QED) is 0.371. The number of aromatic nitrogens is 1. The monoisotopic (exact) mass is 296 g/mol. The summed E-state index contributed by atoms with van der Waals surface area (Å²) in [6, 6.07) is 14.3. The molecule has 0 bridgehead atoms. The number of benzene rings is 2. The first kappa shape index (κ1) is 13.9. The van der Waals surface area contributed by atoms with Gasteiger partial charge < -0.3 is 4.74 Å². The van der Waals surface area contributed by atoms with Gasteiger partial charge in [-0.1, -0.05) is 41.6 Å². The summed E-state index contributed by atoms with van der Waals surface area (Å²) in [5.74, 6) is 0. The molecule has 106 valence electrons. The van der Waals surface area contributed by atoms with E-state index in [-0.39, 0.29) is 0 Å². The third kappa shape index (κ3) is 2.59. The van der Waals surface area contributed by atoms with Crippen molar-refractivity contribution in [3.8, 4) is 0 Å². The van der Waals surface area contributed by atoms with Crippen LogP contribution >= 0.6 is 11.8 Å². The molecule has 3 nitrogen and oxygen atoms in total. The Labute approximate surface area is 128 Å². The molecule has 0 aliphatic heterocycles. The normalized spacial score (nSPS) is 12.0. The largest absolute Gasteiger partial charge is 0.476 e. The zero-order valence-electron chi connectivity index (χ0n) is 12.3. The number of hydrogen-bond donors (Lipinski definition) is 0. The summed E-state index contributed by atoms with van der Waals surface area (Å²) < 4.78 is 5.32. The minimum atomic E-state index is 0.647. The Hall–Kier alpha value is -2.07. The van der Waals surface area contributed by atoms with Crippen LogP contribution in [0.4, 0.5) is 5.69 Å². The highest BCUT2D eigenvalue weighted by atomic mass is 32.2. The van der Waals surface area contributed by atoms with Gasteiger partial charge in [0.05, 0.1) is 23.8 Å². The molecule has 0 spiro atoms. The molecule has 3 rings (SSSR count). The molecule has 0 saturated heterocycles. The molecule has 21 heavy (non-hydrogen) atoms. The molecule has 0 amide bonds. The first-order valence-electron chi connectivity index (χ1n) is 6.68. The Morgan fingerprint density at radius 1 is 1.10 bits per heavy atom. The number of fused-ring (bicyclic) bond motifs is 2. The third-order valence-electron chi connectivity index (χ3n) is 3.36. The number of methoxy groups -OCH3 is 1. The van der Waals surface area contributed by atoms with Gasteiger partial charge in [0.15, 0.2) is 0 Å². The number of aryl methyl sites for hydroxylation is 1. The molecule has 1 aromatic heterocycles. The molecule has 0 aliphatic rings. The number of rotatable bonds is 1. The van der Waals surface area contributed by atoms with Crippen molar-refractivity contribution < 1.29 is 4.74 Å². The Morgan fingerprint density at radius 3 is 2.62 bits per heavy atom. The molecular weight excluding hydrogens is 280 g/mol. The van der Waals surface area contributed by atoms with E-state index in [1.54, 1.807) is 7.11 Å². The van der Waals surface area contributed by atoms with Crippen LogP contribution in [0.25, 0.3) is 21.8 Å². The van der Waals surface area contributed by atoms with Gasteiger partial charge in [-0.25, -0.2) is 9.98 Å². The Morgan fingerprint density at radius 2 is 1.86 bits per heavy atom. The van der Waals surface area contributed by atoms with Crippen LogP contribution in [0.15, 0.2) is 47.5 Å². The summed E-state index contributed by atoms with van der Waals surface area (Å²) in [5, 5.41) is 2.74. The lowest BCUT2D eigenvalue weighted by Gasteiger charge is -2.09. The maximum Gasteiger partial charge on any atom is 0.250 e. The van der Waals surface area contributed by atoms with Gasteiger partial charge in [-0.2, -0.15) is 0 Å². The van der Waals surface area contributed by atoms with E-state index in [0.29, 0.717) is 5.23 Å². The predicted octanol–water partition coefficient (Wildman–Crippen LogP) is 4.69. The van der Waals surface area contributed by atoms with Gasteiger partial charge in [-0.3, -0.25) is 0 Å². The maximum atomic E-state index is 5.32. The van der Waals surface area contributed by atoms with Crippen LogP contribution in [0, 0.1) is 6.92 Å². The van der Waals surface area contributed by atoms with Crippen LogP contribution in [-0.2, 0) is 4.74 Å². The Balaban J connectivity index is 2.44. The summed E-state index contributed by atoms with van der Waals surface area (Å²) >= 11 is 1.49. The molecule has 0 fully saturated rings. The van der Waals surface area contributed by atoms with Gasteiger partial charge in [0.2, 0.25) is 5.23 Å². The number of aliphatic imine (C=N–C) groups is 1. The van der Waals surface area contributed by atoms with Crippen molar-refractivity contribution in [3.63, 3.8) is 0 Å². The molecule has 1 heterocycles. The van der Waals surface area contributed by atoms with E-state index >= 15 is 0 Å². The minimum Gasteiger partial charge on any atom is -0.476 e. The second-order valence-corrected chi connectivity index (χ2v) is 5.54. The van der Waals surface area contributed by atoms with Crippen molar-refractivity contribution in [2.45, 2.75) is 6.92 Å². The molecular formula is C17H16N2OS. The highest BCUT2D eigenvalue weighted by Crippen LogP contribution is 2.34. The van der Waals surface area contributed by atoms with Gasteiger partial charge in [-0.15, -0.1) is 0 Å². The van der Waals surface area contributed by atoms with E-state index < -0.39 is 0 Å². The Bertz CT molecular complexity index is 837. The lowest BCUT2D eigenvalue weighted by Crippen LogP contribution is -1.94. The minimum absolute atomic E-state index is 0.647. The molecule has 0 N–H and O–H groups in total. The van der Waals surface area contributed by atoms with Gasteiger partial charge in [-0.05, 0) is 31.4 Å². The summed E-state index contributed by atoms with van der Waals surface area (Å²) in [4.78, 5) is 9.43. The molecule has 0 radical (unpaired) electrons. The lowest BCUT2D eigenvalue weighted by molar-refractivity contribution is 0.416. The van der Waals surface area contributed by atoms with E-state index in [2.05, 4.69) is 25.1 Å². The SMILES string of the molecule is COC(=Nc1c2ccccc2nc2ccc(C)cc12)SC. The molecule has 0 saturated carbocycles. The summed E-state index contributed by atoms with van der Waals surface area (Å²) in [6.07, 6.45) is 1.96. The van der Waals surface area contributed by atoms with Crippen LogP contribution in [0.2, 0.25) is 0 Å². The van der Waals surface area contributed by atoms with Gasteiger partial charge in [0.1, 0.15) is 0 Å². The van der Waals surface area contributed by atoms with Gasteiger partial charge in [0.25, 0.3) is 0 Å². The molecule has 0 aliphatic carbocycles. The average molecular weight is 296 g/mol. The van der Waals surface area contributed by atoms with E-state index in [0.717, 1.165) is 27.5 Å². The first-order chi connectivity index (χ1) is 10.2. The highest BCUT2D eigenvalue weighted by molar-refractivity contribution is 8.12. The second kappa shape index (κ2) is 5.74. The van der Waals surface area contributed by atoms with Crippen molar-refractivity contribution in [1.29, 1.82) is 0 Å². The number of thioether (sulfide) groups is 1. The number of nitrogens with zero attached hydrogens (tertiary/aromatic N) is 2. The van der Waals surface area contributed by atoms with Crippen LogP contribution in [-0.4, -0.2) is 23.6 Å². The van der Waals surface area contributed by atoms with Gasteiger partial charge in [0, 0.05) is 10.8 Å². The number of pyridine rings is 1. The Kier molecular flexibility index (Phi) is 3.80. The summed E-state index contributed by atoms with van der Waals surface area (Å²) in [7, 11) is 1.64. The zero-order valence-corrected chi connectivity index (χ0v) is 13.1. The van der Waals surface area contributed by atoms with Crippen molar-refractivity contribution in [3.05, 3.63) is 48.0 Å². The first-order valence-corrected chi connectivity index (χ1v) is 7.91. The fourth-order valence-corrected chi connectivity index (χ4v) is 2.72. The molecule has 0 atom stereocenters. The van der Waals surface area contributed by atoms with Crippen molar-refractivity contribution in [2.24, 2.45) is 4.99 Å². The van der Waals surface area contributed by atoms with Gasteiger partial charge >= 0.3 is 0 Å². The molecule has 0 unspecified atom stereocenters. The van der Waals surface area contributed by atoms with Crippen LogP contribution < -0.4 is 0 Å². The highest BCUT2D eigenvalue weighted by Gasteiger charge is 2.10. The zero-order chi connectivity index (χ0) is 14.8. The number of hydrogen-bond acceptors (Lipinski definition) is 4. The topological polar surface area (TPSA) is 34.5 Å². The van der Waals surface area contributed by atoms with Crippen LogP contribution in [0.3, 0.4) is 0 Å².